The monoisotopic (exact) mass is 437 g/mol. The topological polar surface area (TPSA) is 48.0 Å². The van der Waals surface area contributed by atoms with E-state index in [1.165, 1.54) is 5.56 Å². The summed E-state index contributed by atoms with van der Waals surface area (Å²) in [6.45, 7) is 15.0. The van der Waals surface area contributed by atoms with E-state index in [1.54, 1.807) is 4.90 Å². The van der Waals surface area contributed by atoms with Gasteiger partial charge in [0.2, 0.25) is 0 Å². The van der Waals surface area contributed by atoms with Crippen molar-refractivity contribution in [3.63, 3.8) is 0 Å². The van der Waals surface area contributed by atoms with Crippen molar-refractivity contribution in [2.24, 2.45) is 0 Å². The minimum Gasteiger partial charge on any atom is -0.444 e. The zero-order chi connectivity index (χ0) is 20.2. The Bertz CT molecular complexity index is 741. The normalized spacial score (nSPS) is 21.2. The third-order valence-electron chi connectivity index (χ3n) is 5.49. The van der Waals surface area contributed by atoms with Gasteiger partial charge in [-0.2, -0.15) is 0 Å². The summed E-state index contributed by atoms with van der Waals surface area (Å²) >= 11 is 3.69. The van der Waals surface area contributed by atoms with Crippen molar-refractivity contribution >= 4 is 34.6 Å². The second kappa shape index (κ2) is 6.78. The van der Waals surface area contributed by atoms with E-state index in [2.05, 4.69) is 49.7 Å². The summed E-state index contributed by atoms with van der Waals surface area (Å²) in [6.07, 6.45) is 0.510. The number of hydrogen-bond acceptors (Lipinski definition) is 4. The molecule has 0 aromatic heterocycles. The number of ether oxygens (including phenoxy) is 1. The molecule has 1 amide bonds. The Morgan fingerprint density at radius 1 is 1.19 bits per heavy atom. The lowest BCUT2D eigenvalue weighted by Crippen LogP contribution is -2.41. The van der Waals surface area contributed by atoms with Gasteiger partial charge in [0, 0.05) is 11.0 Å². The third kappa shape index (κ3) is 4.20. The molecule has 0 aliphatic carbocycles. The largest absolute Gasteiger partial charge is 0.494 e. The van der Waals surface area contributed by atoms with E-state index in [4.69, 9.17) is 14.0 Å². The van der Waals surface area contributed by atoms with Crippen LogP contribution in [0, 0.1) is 0 Å². The first-order chi connectivity index (χ1) is 12.3. The SMILES string of the molecule is CC(C)(C)OC(=O)N1CCc2cc(B3OC(C)(C)C(C)(C)O3)cc(Br)c2C1. The quantitative estimate of drug-likeness (QED) is 0.622. The molecule has 3 rings (SSSR count). The molecule has 0 unspecified atom stereocenters. The molecule has 0 radical (unpaired) electrons. The fourth-order valence-electron chi connectivity index (χ4n) is 3.24. The number of amides is 1. The summed E-state index contributed by atoms with van der Waals surface area (Å²) in [7, 11) is -0.388. The molecule has 5 nitrogen and oxygen atoms in total. The van der Waals surface area contributed by atoms with Gasteiger partial charge in [-0.25, -0.2) is 4.79 Å². The highest BCUT2D eigenvalue weighted by molar-refractivity contribution is 9.10. The number of benzene rings is 1. The Morgan fingerprint density at radius 2 is 1.78 bits per heavy atom. The number of halogens is 1. The molecule has 2 aliphatic rings. The second-order valence-corrected chi connectivity index (χ2v) is 10.2. The van der Waals surface area contributed by atoms with Crippen molar-refractivity contribution in [3.8, 4) is 0 Å². The number of hydrogen-bond donors (Lipinski definition) is 0. The van der Waals surface area contributed by atoms with Crippen molar-refractivity contribution in [2.75, 3.05) is 6.54 Å². The van der Waals surface area contributed by atoms with Crippen LogP contribution in [0.5, 0.6) is 0 Å². The average molecular weight is 438 g/mol. The van der Waals surface area contributed by atoms with E-state index in [-0.39, 0.29) is 24.4 Å². The van der Waals surface area contributed by atoms with Crippen LogP contribution < -0.4 is 5.46 Å². The highest BCUT2D eigenvalue weighted by Crippen LogP contribution is 2.37. The molecular formula is C20H29BBrNO4. The number of rotatable bonds is 1. The van der Waals surface area contributed by atoms with E-state index in [9.17, 15) is 4.79 Å². The second-order valence-electron chi connectivity index (χ2n) is 9.38. The van der Waals surface area contributed by atoms with Gasteiger partial charge >= 0.3 is 13.2 Å². The van der Waals surface area contributed by atoms with Crippen molar-refractivity contribution < 1.29 is 18.8 Å². The van der Waals surface area contributed by atoms with E-state index in [0.717, 1.165) is 21.9 Å². The lowest BCUT2D eigenvalue weighted by Gasteiger charge is -2.32. The van der Waals surface area contributed by atoms with Crippen molar-refractivity contribution in [1.29, 1.82) is 0 Å². The molecule has 1 saturated heterocycles. The van der Waals surface area contributed by atoms with Gasteiger partial charge in [0.1, 0.15) is 5.60 Å². The standard InChI is InChI=1S/C20H29BBrNO4/c1-18(2,3)25-17(24)23-9-8-13-10-14(11-16(22)15(13)12-23)21-26-19(4,5)20(6,7)27-21/h10-11H,8-9,12H2,1-7H3. The lowest BCUT2D eigenvalue weighted by molar-refractivity contribution is 0.00578. The van der Waals surface area contributed by atoms with E-state index in [0.29, 0.717) is 13.1 Å². The van der Waals surface area contributed by atoms with Crippen LogP contribution in [-0.2, 0) is 27.0 Å². The zero-order valence-electron chi connectivity index (χ0n) is 17.3. The van der Waals surface area contributed by atoms with Crippen LogP contribution in [-0.4, -0.2) is 41.5 Å². The highest BCUT2D eigenvalue weighted by atomic mass is 79.9. The summed E-state index contributed by atoms with van der Waals surface area (Å²) in [4.78, 5) is 14.2. The number of carbonyl (C=O) groups is 1. The van der Waals surface area contributed by atoms with Gasteiger partial charge in [0.05, 0.1) is 17.7 Å². The Morgan fingerprint density at radius 3 is 2.33 bits per heavy atom. The first kappa shape index (κ1) is 20.7. The molecular weight excluding hydrogens is 409 g/mol. The summed E-state index contributed by atoms with van der Waals surface area (Å²) in [5.41, 5.74) is 2.11. The smallest absolute Gasteiger partial charge is 0.444 e. The van der Waals surface area contributed by atoms with Crippen LogP contribution in [0.15, 0.2) is 16.6 Å². The van der Waals surface area contributed by atoms with Crippen LogP contribution in [0.4, 0.5) is 4.79 Å². The van der Waals surface area contributed by atoms with Gasteiger partial charge in [0.25, 0.3) is 0 Å². The molecule has 27 heavy (non-hydrogen) atoms. The van der Waals surface area contributed by atoms with E-state index in [1.807, 2.05) is 26.8 Å². The predicted molar refractivity (Wildman–Crippen MR) is 110 cm³/mol. The van der Waals surface area contributed by atoms with Gasteiger partial charge in [-0.05, 0) is 77.5 Å². The summed E-state index contributed by atoms with van der Waals surface area (Å²) in [5, 5.41) is 0. The lowest BCUT2D eigenvalue weighted by atomic mass is 9.77. The third-order valence-corrected chi connectivity index (χ3v) is 6.19. The highest BCUT2D eigenvalue weighted by Gasteiger charge is 2.51. The minimum atomic E-state index is -0.491. The maximum absolute atomic E-state index is 12.4. The van der Waals surface area contributed by atoms with E-state index < -0.39 is 5.60 Å². The Labute approximate surface area is 171 Å². The van der Waals surface area contributed by atoms with Crippen molar-refractivity contribution in [2.45, 2.75) is 78.2 Å². The first-order valence-electron chi connectivity index (χ1n) is 9.44. The number of carbonyl (C=O) groups excluding carboxylic acids is 1. The maximum atomic E-state index is 12.4. The molecule has 0 saturated carbocycles. The van der Waals surface area contributed by atoms with Crippen molar-refractivity contribution in [3.05, 3.63) is 27.7 Å². The molecule has 1 fully saturated rings. The molecule has 0 bridgehead atoms. The van der Waals surface area contributed by atoms with Crippen LogP contribution in [0.25, 0.3) is 0 Å². The molecule has 2 heterocycles. The zero-order valence-corrected chi connectivity index (χ0v) is 18.9. The average Bonchev–Trinajstić information content (AvgIpc) is 2.73. The molecule has 0 atom stereocenters. The van der Waals surface area contributed by atoms with Gasteiger partial charge in [-0.3, -0.25) is 0 Å². The van der Waals surface area contributed by atoms with Crippen LogP contribution in [0.3, 0.4) is 0 Å². The van der Waals surface area contributed by atoms with Gasteiger partial charge in [-0.1, -0.05) is 22.0 Å². The summed E-state index contributed by atoms with van der Waals surface area (Å²) < 4.78 is 18.9. The molecule has 1 aromatic carbocycles. The van der Waals surface area contributed by atoms with Crippen molar-refractivity contribution in [1.82, 2.24) is 4.90 Å². The van der Waals surface area contributed by atoms with Gasteiger partial charge < -0.3 is 18.9 Å². The number of fused-ring (bicyclic) bond motifs is 1. The molecule has 7 heteroatoms. The molecule has 2 aliphatic heterocycles. The Kier molecular flexibility index (Phi) is 5.19. The van der Waals surface area contributed by atoms with Crippen LogP contribution in [0.2, 0.25) is 0 Å². The minimum absolute atomic E-state index is 0.268. The molecule has 0 N–H and O–H groups in total. The fourth-order valence-corrected chi connectivity index (χ4v) is 3.88. The van der Waals surface area contributed by atoms with Crippen LogP contribution >= 0.6 is 15.9 Å². The summed E-state index contributed by atoms with van der Waals surface area (Å²) in [6, 6.07) is 4.19. The number of nitrogens with zero attached hydrogens (tertiary/aromatic N) is 1. The summed E-state index contributed by atoms with van der Waals surface area (Å²) in [5.74, 6) is 0. The molecule has 1 aromatic rings. The fraction of sp³-hybridized carbons (Fsp3) is 0.650. The van der Waals surface area contributed by atoms with E-state index >= 15 is 0 Å². The molecule has 148 valence electrons. The Hall–Kier alpha value is -1.05. The van der Waals surface area contributed by atoms with Gasteiger partial charge in [0.15, 0.2) is 0 Å². The molecule has 0 spiro atoms. The maximum Gasteiger partial charge on any atom is 0.494 e. The first-order valence-corrected chi connectivity index (χ1v) is 10.2. The Balaban J connectivity index is 1.80. The predicted octanol–water partition coefficient (Wildman–Crippen LogP) is 4.04. The van der Waals surface area contributed by atoms with Gasteiger partial charge in [-0.15, -0.1) is 0 Å². The van der Waals surface area contributed by atoms with Crippen LogP contribution in [0.1, 0.15) is 59.6 Å².